The molecule has 0 aromatic heterocycles. The lowest BCUT2D eigenvalue weighted by atomic mass is 9.79. The topological polar surface area (TPSA) is 119 Å². The molecule has 7 rings (SSSR count). The van der Waals surface area contributed by atoms with E-state index < -0.39 is 23.2 Å². The Morgan fingerprint density at radius 1 is 0.667 bits per heavy atom. The summed E-state index contributed by atoms with van der Waals surface area (Å²) in [5.74, 6) is -0.364. The normalized spacial score (nSPS) is 34.4. The van der Waals surface area contributed by atoms with E-state index in [4.69, 9.17) is 14.2 Å². The van der Waals surface area contributed by atoms with Gasteiger partial charge in [0, 0.05) is 0 Å². The highest BCUT2D eigenvalue weighted by atomic mass is 16.6. The fraction of sp³-hybridized carbons (Fsp3) is 0.857. The Morgan fingerprint density at radius 3 is 1.51 bits per heavy atom. The molecular weight excluding hydrogens is 504 g/mol. The summed E-state index contributed by atoms with van der Waals surface area (Å²) in [4.78, 5) is 62.9. The van der Waals surface area contributed by atoms with Crippen LogP contribution in [-0.2, 0) is 23.8 Å². The predicted octanol–water partition coefficient (Wildman–Crippen LogP) is 2.26. The molecule has 0 aromatic carbocycles. The number of carbonyl (C=O) groups is 4. The first-order chi connectivity index (χ1) is 18.9. The van der Waals surface area contributed by atoms with E-state index in [1.807, 2.05) is 6.92 Å². The molecule has 5 saturated heterocycles. The minimum Gasteiger partial charge on any atom is -0.373 e. The molecule has 11 nitrogen and oxygen atoms in total. The molecule has 0 bridgehead atoms. The molecule has 5 atom stereocenters. The third-order valence-electron chi connectivity index (χ3n) is 10.3. The van der Waals surface area contributed by atoms with Crippen LogP contribution in [-0.4, -0.2) is 118 Å². The molecule has 7 fully saturated rings. The summed E-state index contributed by atoms with van der Waals surface area (Å²) < 4.78 is 16.5. The van der Waals surface area contributed by atoms with Crippen LogP contribution in [0.15, 0.2) is 0 Å². The van der Waals surface area contributed by atoms with Gasteiger partial charge in [-0.3, -0.25) is 19.4 Å². The van der Waals surface area contributed by atoms with Crippen molar-refractivity contribution in [1.29, 1.82) is 0 Å². The van der Waals surface area contributed by atoms with E-state index in [9.17, 15) is 19.2 Å². The zero-order valence-electron chi connectivity index (χ0n) is 22.8. The van der Waals surface area contributed by atoms with Crippen LogP contribution in [0.5, 0.6) is 0 Å². The first kappa shape index (κ1) is 25.7. The van der Waals surface area contributed by atoms with Crippen molar-refractivity contribution in [2.75, 3.05) is 32.9 Å². The summed E-state index contributed by atoms with van der Waals surface area (Å²) in [6, 6.07) is -1.94. The maximum absolute atomic E-state index is 14.3. The summed E-state index contributed by atoms with van der Waals surface area (Å²) in [5.41, 5.74) is -1.71. The molecule has 214 valence electrons. The van der Waals surface area contributed by atoms with E-state index in [0.717, 1.165) is 38.5 Å². The molecule has 39 heavy (non-hydrogen) atoms. The van der Waals surface area contributed by atoms with Crippen molar-refractivity contribution in [3.05, 3.63) is 0 Å². The van der Waals surface area contributed by atoms with Gasteiger partial charge in [-0.15, -0.1) is 0 Å². The van der Waals surface area contributed by atoms with Crippen molar-refractivity contribution >= 4 is 23.9 Å². The molecule has 11 heteroatoms. The van der Waals surface area contributed by atoms with Gasteiger partial charge >= 0.3 is 12.1 Å². The Kier molecular flexibility index (Phi) is 6.20. The van der Waals surface area contributed by atoms with E-state index in [1.54, 1.807) is 9.80 Å². The van der Waals surface area contributed by atoms with Gasteiger partial charge in [0.1, 0.15) is 11.1 Å². The molecule has 0 aromatic rings. The first-order valence-electron chi connectivity index (χ1n) is 15.0. The number of ether oxygens (including phenoxy) is 3. The summed E-state index contributed by atoms with van der Waals surface area (Å²) in [6.45, 7) is 4.40. The van der Waals surface area contributed by atoms with E-state index in [2.05, 4.69) is 0 Å². The molecular formula is C28H40N4O7. The van der Waals surface area contributed by atoms with Gasteiger partial charge in [0.25, 0.3) is 11.8 Å². The number of epoxide rings is 3. The Morgan fingerprint density at radius 2 is 1.08 bits per heavy atom. The van der Waals surface area contributed by atoms with E-state index in [1.165, 1.54) is 9.80 Å². The van der Waals surface area contributed by atoms with E-state index in [-0.39, 0.29) is 42.2 Å². The van der Waals surface area contributed by atoms with Gasteiger partial charge in [-0.05, 0) is 39.0 Å². The highest BCUT2D eigenvalue weighted by Crippen LogP contribution is 2.46. The number of nitrogens with zero attached hydrogens (tertiary/aromatic N) is 4. The monoisotopic (exact) mass is 544 g/mol. The lowest BCUT2D eigenvalue weighted by Gasteiger charge is -2.38. The van der Waals surface area contributed by atoms with Gasteiger partial charge in [0.2, 0.25) is 0 Å². The van der Waals surface area contributed by atoms with Crippen LogP contribution in [0, 0.1) is 0 Å². The molecule has 0 N–H and O–H groups in total. The third kappa shape index (κ3) is 4.18. The zero-order chi connectivity index (χ0) is 26.9. The second-order valence-corrected chi connectivity index (χ2v) is 12.7. The Balaban J connectivity index is 1.22. The van der Waals surface area contributed by atoms with E-state index >= 15 is 0 Å². The highest BCUT2D eigenvalue weighted by molar-refractivity contribution is 6.09. The number of rotatable bonds is 9. The molecule has 5 unspecified atom stereocenters. The van der Waals surface area contributed by atoms with Crippen LogP contribution in [0.25, 0.3) is 0 Å². The predicted molar refractivity (Wildman–Crippen MR) is 137 cm³/mol. The minimum absolute atomic E-state index is 0.0300. The molecule has 7 aliphatic rings. The smallest absolute Gasteiger partial charge is 0.328 e. The number of urea groups is 2. The standard InChI is InChI=1S/C28H40N4O7/c1-18(31-23(33)27(8-4-2-5-9-27)29(25(31)35)13-20-16-38-20)22(12-19-15-37-19)32-24(34)28(10-6-3-7-11-28)30(26(32)36)14-21-17-39-21/h18-22H,2-17H2,1H3. The third-order valence-corrected chi connectivity index (χ3v) is 10.3. The molecule has 2 spiro atoms. The summed E-state index contributed by atoms with van der Waals surface area (Å²) in [7, 11) is 0. The minimum atomic E-state index is -0.859. The lowest BCUT2D eigenvalue weighted by molar-refractivity contribution is -0.141. The van der Waals surface area contributed by atoms with Gasteiger partial charge in [0.15, 0.2) is 0 Å². The molecule has 5 aliphatic heterocycles. The maximum Gasteiger partial charge on any atom is 0.328 e. The Bertz CT molecular complexity index is 1040. The summed E-state index contributed by atoms with van der Waals surface area (Å²) in [5, 5.41) is 0. The van der Waals surface area contributed by atoms with Crippen LogP contribution in [0.2, 0.25) is 0 Å². The summed E-state index contributed by atoms with van der Waals surface area (Å²) in [6.07, 6.45) is 8.50. The first-order valence-corrected chi connectivity index (χ1v) is 15.0. The van der Waals surface area contributed by atoms with Crippen molar-refractivity contribution in [1.82, 2.24) is 19.6 Å². The van der Waals surface area contributed by atoms with Gasteiger partial charge in [-0.2, -0.15) is 0 Å². The quantitative estimate of drug-likeness (QED) is 0.323. The fourth-order valence-corrected chi connectivity index (χ4v) is 7.80. The molecule has 0 radical (unpaired) electrons. The Hall–Kier alpha value is -2.24. The lowest BCUT2D eigenvalue weighted by Crippen LogP contribution is -2.57. The Labute approximate surface area is 229 Å². The number of carbonyl (C=O) groups excluding carboxylic acids is 4. The van der Waals surface area contributed by atoms with Gasteiger partial charge in [-0.25, -0.2) is 9.59 Å². The van der Waals surface area contributed by atoms with Crippen molar-refractivity contribution in [2.24, 2.45) is 0 Å². The van der Waals surface area contributed by atoms with E-state index in [0.29, 0.717) is 65.0 Å². The average molecular weight is 545 g/mol. The fourth-order valence-electron chi connectivity index (χ4n) is 7.80. The highest BCUT2D eigenvalue weighted by Gasteiger charge is 2.64. The average Bonchev–Trinajstić information content (AvgIpc) is 3.80. The molecule has 2 saturated carbocycles. The second-order valence-electron chi connectivity index (χ2n) is 12.7. The number of amides is 6. The zero-order valence-corrected chi connectivity index (χ0v) is 22.8. The van der Waals surface area contributed by atoms with Gasteiger partial charge in [-0.1, -0.05) is 38.5 Å². The van der Waals surface area contributed by atoms with Crippen molar-refractivity contribution < 1.29 is 33.4 Å². The van der Waals surface area contributed by atoms with Crippen LogP contribution in [0.3, 0.4) is 0 Å². The van der Waals surface area contributed by atoms with Crippen molar-refractivity contribution in [3.8, 4) is 0 Å². The van der Waals surface area contributed by atoms with Crippen LogP contribution in [0.1, 0.15) is 77.6 Å². The van der Waals surface area contributed by atoms with Gasteiger partial charge < -0.3 is 24.0 Å². The van der Waals surface area contributed by atoms with Crippen molar-refractivity contribution in [3.63, 3.8) is 0 Å². The molecule has 5 heterocycles. The maximum atomic E-state index is 14.3. The SMILES string of the molecule is CC(C(CC1CO1)N1C(=O)N(CC2CO2)C2(CCCCC2)C1=O)N1C(=O)N(CC2CO2)C2(CCCCC2)C1=O. The second kappa shape index (κ2) is 9.41. The van der Waals surface area contributed by atoms with Crippen LogP contribution in [0.4, 0.5) is 9.59 Å². The van der Waals surface area contributed by atoms with Crippen LogP contribution < -0.4 is 0 Å². The largest absolute Gasteiger partial charge is 0.373 e. The number of imide groups is 2. The summed E-state index contributed by atoms with van der Waals surface area (Å²) >= 11 is 0. The molecule has 2 aliphatic carbocycles. The van der Waals surface area contributed by atoms with Crippen LogP contribution >= 0.6 is 0 Å². The number of hydrogen-bond donors (Lipinski definition) is 0. The van der Waals surface area contributed by atoms with Gasteiger partial charge in [0.05, 0.1) is 63.3 Å². The molecule has 6 amide bonds. The number of hydrogen-bond acceptors (Lipinski definition) is 7. The van der Waals surface area contributed by atoms with Crippen molar-refractivity contribution in [2.45, 2.75) is 119 Å².